The van der Waals surface area contributed by atoms with Crippen molar-refractivity contribution < 1.29 is 28.2 Å². The molecule has 0 aromatic heterocycles. The zero-order valence-electron chi connectivity index (χ0n) is 17.2. The molecule has 0 aromatic rings. The van der Waals surface area contributed by atoms with Crippen molar-refractivity contribution in [3.63, 3.8) is 0 Å². The molecule has 0 unspecified atom stereocenters. The second kappa shape index (κ2) is 11.1. The molecule has 1 saturated heterocycles. The maximum atomic E-state index is 11.5. The van der Waals surface area contributed by atoms with E-state index >= 15 is 0 Å². The lowest BCUT2D eigenvalue weighted by molar-refractivity contribution is -0.119. The average Bonchev–Trinajstić information content (AvgIpc) is 3.12. The average molecular weight is 428 g/mol. The molecule has 0 radical (unpaired) electrons. The van der Waals surface area contributed by atoms with Crippen molar-refractivity contribution in [1.29, 1.82) is 0 Å². The maximum absolute atomic E-state index is 11.5. The number of unbranched alkanes of at least 4 members (excludes halogenated alkanes) is 1. The molecular formula is C21H33NO6S. The second-order valence-corrected chi connectivity index (χ2v) is 9.79. The fraction of sp³-hybridized carbons (Fsp3) is 0.762. The quantitative estimate of drug-likeness (QED) is 0.277. The Hall–Kier alpha value is -1.40. The molecule has 0 spiro atoms. The molecule has 2 fully saturated rings. The molecule has 0 aromatic carbocycles. The Morgan fingerprint density at radius 3 is 2.79 bits per heavy atom. The van der Waals surface area contributed by atoms with Gasteiger partial charge in [-0.05, 0) is 38.5 Å². The first-order valence-corrected chi connectivity index (χ1v) is 12.2. The molecule has 8 heteroatoms. The van der Waals surface area contributed by atoms with E-state index in [9.17, 15) is 23.4 Å². The Morgan fingerprint density at radius 1 is 1.34 bits per heavy atom. The number of hydrogen-bond acceptors (Lipinski definition) is 6. The van der Waals surface area contributed by atoms with Crippen LogP contribution in [-0.2, 0) is 19.6 Å². The van der Waals surface area contributed by atoms with Crippen molar-refractivity contribution in [2.45, 2.75) is 82.7 Å². The van der Waals surface area contributed by atoms with Gasteiger partial charge in [-0.15, -0.1) is 11.8 Å². The molecule has 29 heavy (non-hydrogen) atoms. The minimum absolute atomic E-state index is 0.0163. The van der Waals surface area contributed by atoms with Crippen molar-refractivity contribution in [2.24, 2.45) is 11.8 Å². The molecule has 3 N–H and O–H groups in total. The van der Waals surface area contributed by atoms with E-state index in [1.165, 1.54) is 0 Å². The summed E-state index contributed by atoms with van der Waals surface area (Å²) in [6.45, 7) is 1.78. The van der Waals surface area contributed by atoms with Gasteiger partial charge in [-0.25, -0.2) is 8.42 Å². The number of aliphatic hydroxyl groups is 2. The van der Waals surface area contributed by atoms with Gasteiger partial charge in [0.2, 0.25) is 15.9 Å². The summed E-state index contributed by atoms with van der Waals surface area (Å²) >= 11 is 0. The van der Waals surface area contributed by atoms with Gasteiger partial charge in [0.15, 0.2) is 0 Å². The number of fused-ring (bicyclic) bond motifs is 1. The van der Waals surface area contributed by atoms with E-state index in [1.54, 1.807) is 13.0 Å². The summed E-state index contributed by atoms with van der Waals surface area (Å²) in [6.07, 6.45) is 8.83. The summed E-state index contributed by atoms with van der Waals surface area (Å²) in [5.41, 5.74) is 0. The van der Waals surface area contributed by atoms with E-state index in [-0.39, 0.29) is 30.5 Å². The van der Waals surface area contributed by atoms with Crippen molar-refractivity contribution in [3.8, 4) is 11.8 Å². The number of nitrogens with one attached hydrogen (secondary N) is 1. The van der Waals surface area contributed by atoms with Crippen LogP contribution in [0.15, 0.2) is 12.2 Å². The summed E-state index contributed by atoms with van der Waals surface area (Å²) in [6, 6.07) is 0. The van der Waals surface area contributed by atoms with Crippen LogP contribution in [-0.4, -0.2) is 55.2 Å². The van der Waals surface area contributed by atoms with E-state index in [1.807, 2.05) is 10.8 Å². The highest BCUT2D eigenvalue weighted by Crippen LogP contribution is 2.45. The first-order chi connectivity index (χ1) is 13.7. The van der Waals surface area contributed by atoms with Crippen molar-refractivity contribution in [2.75, 3.05) is 6.26 Å². The minimum Gasteiger partial charge on any atom is -0.392 e. The van der Waals surface area contributed by atoms with Crippen LogP contribution in [0.25, 0.3) is 0 Å². The van der Waals surface area contributed by atoms with Crippen LogP contribution in [0, 0.1) is 23.7 Å². The largest absolute Gasteiger partial charge is 0.392 e. The lowest BCUT2D eigenvalue weighted by Crippen LogP contribution is -2.29. The molecule has 1 aliphatic carbocycles. The Labute approximate surface area is 174 Å². The third-order valence-corrected chi connectivity index (χ3v) is 6.17. The van der Waals surface area contributed by atoms with Gasteiger partial charge in [0.25, 0.3) is 0 Å². The van der Waals surface area contributed by atoms with E-state index in [2.05, 4.69) is 11.8 Å². The molecule has 164 valence electrons. The first-order valence-electron chi connectivity index (χ1n) is 10.3. The van der Waals surface area contributed by atoms with Gasteiger partial charge in [0, 0.05) is 25.2 Å². The SMILES string of the molecule is CC#CCC[C@H](O)C=C[C@@H]1[C@H]2C[C@H](CCCCC(=O)NS(C)(=O)=O)O[C@H]2C[C@H]1O. The number of hydrogen-bond donors (Lipinski definition) is 3. The molecule has 1 saturated carbocycles. The van der Waals surface area contributed by atoms with E-state index in [4.69, 9.17) is 4.74 Å². The predicted octanol–water partition coefficient (Wildman–Crippen LogP) is 1.50. The highest BCUT2D eigenvalue weighted by molar-refractivity contribution is 7.89. The summed E-state index contributed by atoms with van der Waals surface area (Å²) in [4.78, 5) is 11.5. The highest BCUT2D eigenvalue weighted by Gasteiger charge is 2.47. The van der Waals surface area contributed by atoms with Crippen LogP contribution in [0.1, 0.15) is 58.3 Å². The number of ether oxygens (including phenoxy) is 1. The fourth-order valence-electron chi connectivity index (χ4n) is 4.24. The third kappa shape index (κ3) is 8.09. The summed E-state index contributed by atoms with van der Waals surface area (Å²) < 4.78 is 30.1. The van der Waals surface area contributed by atoms with Crippen molar-refractivity contribution in [1.82, 2.24) is 4.72 Å². The van der Waals surface area contributed by atoms with E-state index in [0.29, 0.717) is 25.7 Å². The van der Waals surface area contributed by atoms with Crippen LogP contribution in [0.3, 0.4) is 0 Å². The number of carbonyl (C=O) groups excluding carboxylic acids is 1. The molecular weight excluding hydrogens is 394 g/mol. The van der Waals surface area contributed by atoms with Gasteiger partial charge in [0.1, 0.15) is 0 Å². The molecule has 1 heterocycles. The van der Waals surface area contributed by atoms with E-state index < -0.39 is 28.1 Å². The molecule has 2 rings (SSSR count). The lowest BCUT2D eigenvalue weighted by atomic mass is 9.89. The summed E-state index contributed by atoms with van der Waals surface area (Å²) in [7, 11) is -3.50. The van der Waals surface area contributed by atoms with Gasteiger partial charge in [-0.1, -0.05) is 18.6 Å². The van der Waals surface area contributed by atoms with Crippen LogP contribution in [0.2, 0.25) is 0 Å². The number of carbonyl (C=O) groups is 1. The molecule has 7 nitrogen and oxygen atoms in total. The predicted molar refractivity (Wildman–Crippen MR) is 110 cm³/mol. The number of amides is 1. The van der Waals surface area contributed by atoms with Crippen LogP contribution >= 0.6 is 0 Å². The molecule has 2 aliphatic rings. The van der Waals surface area contributed by atoms with Gasteiger partial charge < -0.3 is 14.9 Å². The van der Waals surface area contributed by atoms with Gasteiger partial charge in [-0.2, -0.15) is 0 Å². The number of sulfonamides is 1. The molecule has 0 bridgehead atoms. The Balaban J connectivity index is 1.73. The van der Waals surface area contributed by atoms with Crippen LogP contribution < -0.4 is 4.72 Å². The Kier molecular flexibility index (Phi) is 9.15. The number of rotatable bonds is 10. The standard InChI is InChI=1S/C21H33NO6S/c1-3-4-5-8-15(23)11-12-17-18-13-16(28-20(18)14-19(17)24)9-6-7-10-21(25)22-29(2,26)27/h11-12,15-20,23-24H,5-10,13-14H2,1-2H3,(H,22,25)/t15-,16-,17+,18+,19+,20-/m0/s1. The molecule has 1 aliphatic heterocycles. The van der Waals surface area contributed by atoms with Gasteiger partial charge in [0.05, 0.1) is 30.7 Å². The third-order valence-electron chi connectivity index (χ3n) is 5.57. The zero-order chi connectivity index (χ0) is 21.4. The van der Waals surface area contributed by atoms with Crippen molar-refractivity contribution >= 4 is 15.9 Å². The van der Waals surface area contributed by atoms with E-state index in [0.717, 1.165) is 25.5 Å². The summed E-state index contributed by atoms with van der Waals surface area (Å²) in [5.74, 6) is 5.49. The fourth-order valence-corrected chi connectivity index (χ4v) is 4.76. The lowest BCUT2D eigenvalue weighted by Gasteiger charge is -2.18. The smallest absolute Gasteiger partial charge is 0.233 e. The summed E-state index contributed by atoms with van der Waals surface area (Å²) in [5, 5.41) is 20.4. The second-order valence-electron chi connectivity index (χ2n) is 8.04. The van der Waals surface area contributed by atoms with Crippen LogP contribution in [0.5, 0.6) is 0 Å². The molecule has 1 amide bonds. The van der Waals surface area contributed by atoms with Crippen molar-refractivity contribution in [3.05, 3.63) is 12.2 Å². The zero-order valence-corrected chi connectivity index (χ0v) is 18.0. The normalized spacial score (nSPS) is 30.0. The van der Waals surface area contributed by atoms with Gasteiger partial charge >= 0.3 is 0 Å². The minimum atomic E-state index is -3.50. The Bertz CT molecular complexity index is 738. The monoisotopic (exact) mass is 427 g/mol. The highest BCUT2D eigenvalue weighted by atomic mass is 32.2. The number of aliphatic hydroxyl groups excluding tert-OH is 2. The maximum Gasteiger partial charge on any atom is 0.233 e. The topological polar surface area (TPSA) is 113 Å². The van der Waals surface area contributed by atoms with Gasteiger partial charge in [-0.3, -0.25) is 9.52 Å². The molecule has 6 atom stereocenters. The van der Waals surface area contributed by atoms with Crippen LogP contribution in [0.4, 0.5) is 0 Å². The first kappa shape index (κ1) is 23.9. The Morgan fingerprint density at radius 2 is 2.10 bits per heavy atom.